The van der Waals surface area contributed by atoms with Crippen molar-refractivity contribution < 1.29 is 19.1 Å². The average Bonchev–Trinajstić information content (AvgIpc) is 2.70. The van der Waals surface area contributed by atoms with Gasteiger partial charge in [0.05, 0.1) is 18.8 Å². The molecule has 3 rings (SSSR count). The number of imide groups is 1. The van der Waals surface area contributed by atoms with E-state index in [0.29, 0.717) is 43.4 Å². The smallest absolute Gasteiger partial charge is 0.417 e. The fourth-order valence-corrected chi connectivity index (χ4v) is 2.99. The third-order valence-electron chi connectivity index (χ3n) is 3.84. The first-order valence-corrected chi connectivity index (χ1v) is 8.58. The zero-order valence-corrected chi connectivity index (χ0v) is 15.3. The van der Waals surface area contributed by atoms with Gasteiger partial charge in [-0.1, -0.05) is 0 Å². The highest BCUT2D eigenvalue weighted by molar-refractivity contribution is 6.28. The molecule has 136 valence electrons. The number of amides is 2. The van der Waals surface area contributed by atoms with E-state index in [9.17, 15) is 9.59 Å². The molecule has 1 aromatic heterocycles. The summed E-state index contributed by atoms with van der Waals surface area (Å²) in [5.74, 6) is -0.00218. The standard InChI is InChI=1S/C16H21ClN4O4/c1-16(2,3)25-15(23)21-9-10-11(13(21)22)12(19-14(17)18-10)20-5-4-7-24-8-6-20/h4-9H2,1-3H3. The zero-order chi connectivity index (χ0) is 18.2. The molecule has 25 heavy (non-hydrogen) atoms. The average molecular weight is 369 g/mol. The Bertz CT molecular complexity index is 696. The molecule has 0 aliphatic carbocycles. The van der Waals surface area contributed by atoms with Crippen molar-refractivity contribution in [2.75, 3.05) is 31.2 Å². The van der Waals surface area contributed by atoms with Crippen LogP contribution in [0, 0.1) is 0 Å². The Morgan fingerprint density at radius 3 is 2.72 bits per heavy atom. The highest BCUT2D eigenvalue weighted by Gasteiger charge is 2.40. The van der Waals surface area contributed by atoms with E-state index in [2.05, 4.69) is 9.97 Å². The van der Waals surface area contributed by atoms with E-state index in [1.54, 1.807) is 20.8 Å². The summed E-state index contributed by atoms with van der Waals surface area (Å²) in [5, 5.41) is 0.0535. The summed E-state index contributed by atoms with van der Waals surface area (Å²) in [6.45, 7) is 7.77. The van der Waals surface area contributed by atoms with Crippen LogP contribution in [0.1, 0.15) is 43.2 Å². The first-order valence-electron chi connectivity index (χ1n) is 8.20. The lowest BCUT2D eigenvalue weighted by Gasteiger charge is -2.24. The molecule has 0 spiro atoms. The molecule has 9 heteroatoms. The minimum Gasteiger partial charge on any atom is -0.443 e. The number of ether oxygens (including phenoxy) is 2. The predicted molar refractivity (Wildman–Crippen MR) is 90.8 cm³/mol. The van der Waals surface area contributed by atoms with Crippen LogP contribution < -0.4 is 4.90 Å². The van der Waals surface area contributed by atoms with E-state index in [4.69, 9.17) is 21.1 Å². The highest BCUT2D eigenvalue weighted by atomic mass is 35.5. The van der Waals surface area contributed by atoms with E-state index < -0.39 is 17.6 Å². The van der Waals surface area contributed by atoms with Crippen LogP contribution in [-0.4, -0.2) is 58.8 Å². The summed E-state index contributed by atoms with van der Waals surface area (Å²) in [4.78, 5) is 36.6. The zero-order valence-electron chi connectivity index (χ0n) is 14.5. The lowest BCUT2D eigenvalue weighted by atomic mass is 10.2. The quantitative estimate of drug-likeness (QED) is 0.703. The van der Waals surface area contributed by atoms with Gasteiger partial charge in [0.15, 0.2) is 0 Å². The van der Waals surface area contributed by atoms with E-state index in [1.807, 2.05) is 4.90 Å². The highest BCUT2D eigenvalue weighted by Crippen LogP contribution is 2.31. The molecule has 0 bridgehead atoms. The van der Waals surface area contributed by atoms with Gasteiger partial charge in [0, 0.05) is 19.7 Å². The molecule has 2 amide bonds. The monoisotopic (exact) mass is 368 g/mol. The Hall–Kier alpha value is -1.93. The maximum absolute atomic E-state index is 12.8. The second-order valence-corrected chi connectivity index (χ2v) is 7.30. The SMILES string of the molecule is CC(C)(C)OC(=O)N1Cc2nc(Cl)nc(N3CCCOCC3)c2C1=O. The number of hydrogen-bond acceptors (Lipinski definition) is 7. The van der Waals surface area contributed by atoms with Crippen LogP contribution in [-0.2, 0) is 16.0 Å². The van der Waals surface area contributed by atoms with Crippen molar-refractivity contribution in [3.05, 3.63) is 16.5 Å². The topological polar surface area (TPSA) is 84.9 Å². The molecule has 1 fully saturated rings. The Morgan fingerprint density at radius 1 is 1.24 bits per heavy atom. The Balaban J connectivity index is 1.92. The number of carbonyl (C=O) groups excluding carboxylic acids is 2. The summed E-state index contributed by atoms with van der Waals surface area (Å²) < 4.78 is 10.8. The molecular formula is C16H21ClN4O4. The minimum absolute atomic E-state index is 0.0304. The van der Waals surface area contributed by atoms with Crippen LogP contribution in [0.25, 0.3) is 0 Å². The number of halogens is 1. The van der Waals surface area contributed by atoms with E-state index in [0.717, 1.165) is 11.3 Å². The van der Waals surface area contributed by atoms with Crippen molar-refractivity contribution >= 4 is 29.4 Å². The Morgan fingerprint density at radius 2 is 2.00 bits per heavy atom. The van der Waals surface area contributed by atoms with E-state index >= 15 is 0 Å². The van der Waals surface area contributed by atoms with Crippen LogP contribution in [0.3, 0.4) is 0 Å². The van der Waals surface area contributed by atoms with Crippen LogP contribution in [0.2, 0.25) is 5.28 Å². The van der Waals surface area contributed by atoms with Crippen molar-refractivity contribution in [1.29, 1.82) is 0 Å². The van der Waals surface area contributed by atoms with Crippen LogP contribution in [0.15, 0.2) is 0 Å². The molecule has 8 nitrogen and oxygen atoms in total. The van der Waals surface area contributed by atoms with Gasteiger partial charge in [-0.2, -0.15) is 4.98 Å². The third-order valence-corrected chi connectivity index (χ3v) is 4.01. The van der Waals surface area contributed by atoms with E-state index in [-0.39, 0.29) is 11.8 Å². The van der Waals surface area contributed by atoms with Crippen LogP contribution in [0.5, 0.6) is 0 Å². The molecule has 2 aliphatic rings. The first-order chi connectivity index (χ1) is 11.8. The van der Waals surface area contributed by atoms with E-state index in [1.165, 1.54) is 0 Å². The van der Waals surface area contributed by atoms with Crippen LogP contribution >= 0.6 is 11.6 Å². The maximum Gasteiger partial charge on any atom is 0.417 e. The number of aromatic nitrogens is 2. The van der Waals surface area contributed by atoms with Crippen LogP contribution in [0.4, 0.5) is 10.6 Å². The van der Waals surface area contributed by atoms with Gasteiger partial charge in [-0.05, 0) is 38.8 Å². The normalized spacial score (nSPS) is 18.2. The summed E-state index contributed by atoms with van der Waals surface area (Å²) in [6, 6.07) is 0. The molecule has 3 heterocycles. The minimum atomic E-state index is -0.697. The number of nitrogens with zero attached hydrogens (tertiary/aromatic N) is 4. The summed E-state index contributed by atoms with van der Waals surface area (Å²) in [5.41, 5.74) is 0.0635. The van der Waals surface area contributed by atoms with Crippen molar-refractivity contribution in [1.82, 2.24) is 14.9 Å². The summed E-state index contributed by atoms with van der Waals surface area (Å²) in [7, 11) is 0. The summed E-state index contributed by atoms with van der Waals surface area (Å²) >= 11 is 6.04. The second kappa shape index (κ2) is 6.76. The van der Waals surface area contributed by atoms with Gasteiger partial charge >= 0.3 is 6.09 Å². The Labute approximate surface area is 151 Å². The predicted octanol–water partition coefficient (Wildman–Crippen LogP) is 2.25. The van der Waals surface area contributed by atoms with Crippen molar-refractivity contribution in [3.63, 3.8) is 0 Å². The van der Waals surface area contributed by atoms with Gasteiger partial charge in [-0.25, -0.2) is 14.7 Å². The number of rotatable bonds is 1. The van der Waals surface area contributed by atoms with Crippen molar-refractivity contribution in [2.45, 2.75) is 39.3 Å². The van der Waals surface area contributed by atoms with Crippen molar-refractivity contribution in [2.24, 2.45) is 0 Å². The molecule has 0 radical (unpaired) electrons. The maximum atomic E-state index is 12.8. The molecule has 0 atom stereocenters. The molecule has 0 N–H and O–H groups in total. The number of fused-ring (bicyclic) bond motifs is 1. The van der Waals surface area contributed by atoms with Gasteiger partial charge in [-0.15, -0.1) is 0 Å². The third kappa shape index (κ3) is 3.85. The molecule has 0 saturated carbocycles. The van der Waals surface area contributed by atoms with Gasteiger partial charge in [0.1, 0.15) is 17.0 Å². The first kappa shape index (κ1) is 17.9. The van der Waals surface area contributed by atoms with Gasteiger partial charge in [0.25, 0.3) is 5.91 Å². The fourth-order valence-electron chi connectivity index (χ4n) is 2.81. The Kier molecular flexibility index (Phi) is 4.83. The van der Waals surface area contributed by atoms with Gasteiger partial charge in [-0.3, -0.25) is 4.79 Å². The second-order valence-electron chi connectivity index (χ2n) is 6.96. The molecule has 1 aromatic rings. The largest absolute Gasteiger partial charge is 0.443 e. The summed E-state index contributed by atoms with van der Waals surface area (Å²) in [6.07, 6.45) is 0.122. The lowest BCUT2D eigenvalue weighted by molar-refractivity contribution is 0.0247. The van der Waals surface area contributed by atoms with Gasteiger partial charge < -0.3 is 14.4 Å². The molecule has 0 unspecified atom stereocenters. The van der Waals surface area contributed by atoms with Crippen molar-refractivity contribution in [3.8, 4) is 0 Å². The molecule has 2 aliphatic heterocycles. The number of hydrogen-bond donors (Lipinski definition) is 0. The fraction of sp³-hybridized carbons (Fsp3) is 0.625. The number of anilines is 1. The molecular weight excluding hydrogens is 348 g/mol. The lowest BCUT2D eigenvalue weighted by Crippen LogP contribution is -2.37. The number of carbonyl (C=O) groups is 2. The van der Waals surface area contributed by atoms with Gasteiger partial charge in [0.2, 0.25) is 5.28 Å². The molecule has 0 aromatic carbocycles. The molecule has 1 saturated heterocycles.